The Bertz CT molecular complexity index is 847. The molecule has 5 nitrogen and oxygen atoms in total. The van der Waals surface area contributed by atoms with Crippen LogP contribution < -0.4 is 9.62 Å². The maximum Gasteiger partial charge on any atom is 0.241 e. The van der Waals surface area contributed by atoms with Gasteiger partial charge in [0.1, 0.15) is 6.54 Å². The first-order valence-corrected chi connectivity index (χ1v) is 11.0. The van der Waals surface area contributed by atoms with Crippen molar-refractivity contribution in [2.45, 2.75) is 39.2 Å². The van der Waals surface area contributed by atoms with Crippen molar-refractivity contribution in [2.75, 3.05) is 17.1 Å². The van der Waals surface area contributed by atoms with E-state index in [0.29, 0.717) is 11.6 Å². The highest BCUT2D eigenvalue weighted by Gasteiger charge is 2.22. The molecule has 0 spiro atoms. The Morgan fingerprint density at radius 2 is 1.59 bits per heavy atom. The van der Waals surface area contributed by atoms with E-state index in [4.69, 9.17) is 0 Å². The normalized spacial score (nSPS) is 12.6. The lowest BCUT2D eigenvalue weighted by Gasteiger charge is -2.24. The Hall–Kier alpha value is -2.34. The summed E-state index contributed by atoms with van der Waals surface area (Å²) in [5, 5.41) is 2.94. The maximum atomic E-state index is 12.6. The number of hydrogen-bond acceptors (Lipinski definition) is 3. The summed E-state index contributed by atoms with van der Waals surface area (Å²) in [4.78, 5) is 12.6. The van der Waals surface area contributed by atoms with E-state index in [1.165, 1.54) is 0 Å². The summed E-state index contributed by atoms with van der Waals surface area (Å²) >= 11 is 0. The van der Waals surface area contributed by atoms with Crippen LogP contribution in [0.15, 0.2) is 54.6 Å². The second-order valence-corrected chi connectivity index (χ2v) is 8.86. The largest absolute Gasteiger partial charge is 0.348 e. The number of sulfonamides is 1. The Morgan fingerprint density at radius 3 is 2.07 bits per heavy atom. The van der Waals surface area contributed by atoms with Gasteiger partial charge in [0.05, 0.1) is 18.0 Å². The Balaban J connectivity index is 2.17. The number of nitrogens with one attached hydrogen (secondary N) is 1. The molecule has 1 amide bonds. The van der Waals surface area contributed by atoms with Crippen LogP contribution in [0.25, 0.3) is 0 Å². The predicted molar refractivity (Wildman–Crippen MR) is 110 cm³/mol. The first kappa shape index (κ1) is 21.0. The van der Waals surface area contributed by atoms with E-state index < -0.39 is 10.0 Å². The fourth-order valence-corrected chi connectivity index (χ4v) is 3.76. The van der Waals surface area contributed by atoms with Gasteiger partial charge < -0.3 is 5.32 Å². The van der Waals surface area contributed by atoms with E-state index >= 15 is 0 Å². The zero-order valence-electron chi connectivity index (χ0n) is 16.3. The van der Waals surface area contributed by atoms with Gasteiger partial charge in [0, 0.05) is 0 Å². The van der Waals surface area contributed by atoms with Crippen molar-refractivity contribution >= 4 is 21.6 Å². The second-order valence-electron chi connectivity index (χ2n) is 6.95. The molecular formula is C21H28N2O3S. The minimum absolute atomic E-state index is 0.150. The van der Waals surface area contributed by atoms with Crippen LogP contribution in [0.4, 0.5) is 5.69 Å². The molecule has 0 aromatic heterocycles. The monoisotopic (exact) mass is 388 g/mol. The third kappa shape index (κ3) is 5.82. The van der Waals surface area contributed by atoms with Crippen LogP contribution >= 0.6 is 0 Å². The molecule has 0 aliphatic heterocycles. The van der Waals surface area contributed by atoms with Gasteiger partial charge in [0.15, 0.2) is 0 Å². The first-order valence-electron chi connectivity index (χ1n) is 9.14. The van der Waals surface area contributed by atoms with Crippen molar-refractivity contribution in [3.63, 3.8) is 0 Å². The third-order valence-corrected chi connectivity index (χ3v) is 5.62. The van der Waals surface area contributed by atoms with Crippen molar-refractivity contribution in [1.82, 2.24) is 5.32 Å². The highest BCUT2D eigenvalue weighted by atomic mass is 32.2. The highest BCUT2D eigenvalue weighted by Crippen LogP contribution is 2.22. The third-order valence-electron chi connectivity index (χ3n) is 4.48. The second kappa shape index (κ2) is 9.04. The standard InChI is InChI=1S/C21H28N2O3S/c1-5-20(18-9-7-6-8-10-18)22-21(24)15-23(27(4,25)26)19-13-11-17(12-14-19)16(2)3/h6-14,16,20H,5,15H2,1-4H3,(H,22,24)/t20-/m1/s1. The molecule has 6 heteroatoms. The molecule has 2 rings (SSSR count). The van der Waals surface area contributed by atoms with E-state index in [9.17, 15) is 13.2 Å². The van der Waals surface area contributed by atoms with Gasteiger partial charge in [-0.25, -0.2) is 8.42 Å². The van der Waals surface area contributed by atoms with Crippen molar-refractivity contribution in [3.05, 3.63) is 65.7 Å². The number of anilines is 1. The van der Waals surface area contributed by atoms with Crippen LogP contribution in [0.5, 0.6) is 0 Å². The van der Waals surface area contributed by atoms with Crippen LogP contribution in [0, 0.1) is 0 Å². The number of benzene rings is 2. The molecule has 0 aliphatic carbocycles. The minimum atomic E-state index is -3.58. The minimum Gasteiger partial charge on any atom is -0.348 e. The van der Waals surface area contributed by atoms with Gasteiger partial charge in [-0.05, 0) is 35.6 Å². The van der Waals surface area contributed by atoms with E-state index in [0.717, 1.165) is 28.1 Å². The molecule has 0 fully saturated rings. The highest BCUT2D eigenvalue weighted by molar-refractivity contribution is 7.92. The molecule has 1 N–H and O–H groups in total. The number of amides is 1. The first-order chi connectivity index (χ1) is 12.7. The average Bonchev–Trinajstić information content (AvgIpc) is 2.64. The lowest BCUT2D eigenvalue weighted by molar-refractivity contribution is -0.120. The SMILES string of the molecule is CC[C@@H](NC(=O)CN(c1ccc(C(C)C)cc1)S(C)(=O)=O)c1ccccc1. The van der Waals surface area contributed by atoms with Gasteiger partial charge in [-0.2, -0.15) is 0 Å². The summed E-state index contributed by atoms with van der Waals surface area (Å²) in [6.07, 6.45) is 1.84. The van der Waals surface area contributed by atoms with E-state index in [2.05, 4.69) is 19.2 Å². The molecule has 27 heavy (non-hydrogen) atoms. The molecule has 0 aliphatic rings. The molecule has 2 aromatic rings. The smallest absolute Gasteiger partial charge is 0.241 e. The van der Waals surface area contributed by atoms with Crippen LogP contribution in [0.2, 0.25) is 0 Å². The summed E-state index contributed by atoms with van der Waals surface area (Å²) < 4.78 is 25.7. The molecule has 0 bridgehead atoms. The molecule has 1 atom stereocenters. The summed E-state index contributed by atoms with van der Waals surface area (Å²) in [5.41, 5.74) is 2.61. The summed E-state index contributed by atoms with van der Waals surface area (Å²) in [5.74, 6) is 0.0225. The van der Waals surface area contributed by atoms with Gasteiger partial charge in [0.2, 0.25) is 15.9 Å². The van der Waals surface area contributed by atoms with Gasteiger partial charge >= 0.3 is 0 Å². The molecule has 2 aromatic carbocycles. The molecule has 0 radical (unpaired) electrons. The average molecular weight is 389 g/mol. The predicted octanol–water partition coefficient (Wildman–Crippen LogP) is 3.84. The molecule has 0 heterocycles. The van der Waals surface area contributed by atoms with E-state index in [1.54, 1.807) is 12.1 Å². The summed E-state index contributed by atoms with van der Waals surface area (Å²) in [6, 6.07) is 16.8. The maximum absolute atomic E-state index is 12.6. The van der Waals surface area contributed by atoms with Crippen molar-refractivity contribution in [2.24, 2.45) is 0 Å². The molecule has 0 unspecified atom stereocenters. The Morgan fingerprint density at radius 1 is 1.00 bits per heavy atom. The van der Waals surface area contributed by atoms with Crippen molar-refractivity contribution < 1.29 is 13.2 Å². The molecule has 0 saturated heterocycles. The quantitative estimate of drug-likeness (QED) is 0.747. The lowest BCUT2D eigenvalue weighted by Crippen LogP contribution is -2.41. The fraction of sp³-hybridized carbons (Fsp3) is 0.381. The van der Waals surface area contributed by atoms with Crippen molar-refractivity contribution in [3.8, 4) is 0 Å². The van der Waals surface area contributed by atoms with Crippen LogP contribution in [0.3, 0.4) is 0 Å². The fourth-order valence-electron chi connectivity index (χ4n) is 2.90. The lowest BCUT2D eigenvalue weighted by atomic mass is 10.0. The molecular weight excluding hydrogens is 360 g/mol. The topological polar surface area (TPSA) is 66.5 Å². The zero-order valence-corrected chi connectivity index (χ0v) is 17.2. The number of hydrogen-bond donors (Lipinski definition) is 1. The van der Waals surface area contributed by atoms with Gasteiger partial charge in [0.25, 0.3) is 0 Å². The van der Waals surface area contributed by atoms with E-state index in [-0.39, 0.29) is 18.5 Å². The Labute approximate surface area is 162 Å². The van der Waals surface area contributed by atoms with Gasteiger partial charge in [-0.15, -0.1) is 0 Å². The zero-order chi connectivity index (χ0) is 20.0. The van der Waals surface area contributed by atoms with Crippen LogP contribution in [-0.2, 0) is 14.8 Å². The summed E-state index contributed by atoms with van der Waals surface area (Å²) in [7, 11) is -3.58. The van der Waals surface area contributed by atoms with Gasteiger partial charge in [-0.1, -0.05) is 63.2 Å². The van der Waals surface area contributed by atoms with Crippen LogP contribution in [-0.4, -0.2) is 27.1 Å². The van der Waals surface area contributed by atoms with Crippen molar-refractivity contribution in [1.29, 1.82) is 0 Å². The van der Waals surface area contributed by atoms with Gasteiger partial charge in [-0.3, -0.25) is 9.10 Å². The number of rotatable bonds is 8. The Kier molecular flexibility index (Phi) is 7.02. The van der Waals surface area contributed by atoms with Crippen LogP contribution in [0.1, 0.15) is 50.3 Å². The molecule has 0 saturated carbocycles. The number of carbonyl (C=O) groups excluding carboxylic acids is 1. The summed E-state index contributed by atoms with van der Waals surface area (Å²) in [6.45, 7) is 5.89. The molecule has 146 valence electrons. The van der Waals surface area contributed by atoms with E-state index in [1.807, 2.05) is 49.4 Å². The number of carbonyl (C=O) groups is 1. The number of nitrogens with zero attached hydrogens (tertiary/aromatic N) is 1.